The molecule has 5 nitrogen and oxygen atoms in total. The standard InChI is InChI=1S/C8H12F4O5S/c1-7(2)15-3-5(17-7)4-16-8(10,11)6(9)18(12,13)14/h5-6H,3-4H2,1-2H3. The summed E-state index contributed by atoms with van der Waals surface area (Å²) in [5.41, 5.74) is -4.07. The van der Waals surface area contributed by atoms with Gasteiger partial charge < -0.3 is 14.2 Å². The fourth-order valence-corrected chi connectivity index (χ4v) is 1.67. The van der Waals surface area contributed by atoms with Gasteiger partial charge in [0.05, 0.1) is 13.2 Å². The van der Waals surface area contributed by atoms with E-state index in [-0.39, 0.29) is 6.61 Å². The van der Waals surface area contributed by atoms with E-state index in [0.717, 1.165) is 0 Å². The molecule has 0 aromatic carbocycles. The summed E-state index contributed by atoms with van der Waals surface area (Å²) in [4.78, 5) is 0. The van der Waals surface area contributed by atoms with Crippen LogP contribution in [0.5, 0.6) is 0 Å². The summed E-state index contributed by atoms with van der Waals surface area (Å²) < 4.78 is 84.3. The number of ether oxygens (including phenoxy) is 3. The molecule has 1 fully saturated rings. The molecule has 0 aromatic rings. The van der Waals surface area contributed by atoms with Crippen molar-refractivity contribution in [3.05, 3.63) is 0 Å². The topological polar surface area (TPSA) is 61.8 Å². The molecule has 1 rings (SSSR count). The Morgan fingerprint density at radius 1 is 1.50 bits per heavy atom. The van der Waals surface area contributed by atoms with E-state index < -0.39 is 40.3 Å². The average molecular weight is 296 g/mol. The Kier molecular flexibility index (Phi) is 4.26. The zero-order valence-corrected chi connectivity index (χ0v) is 10.3. The van der Waals surface area contributed by atoms with Crippen molar-refractivity contribution in [2.24, 2.45) is 0 Å². The zero-order chi connectivity index (χ0) is 14.2. The van der Waals surface area contributed by atoms with Gasteiger partial charge in [0, 0.05) is 0 Å². The molecule has 0 aromatic heterocycles. The smallest absolute Gasteiger partial charge is 0.348 e. The molecule has 1 heterocycles. The van der Waals surface area contributed by atoms with Crippen molar-refractivity contribution >= 4 is 10.2 Å². The van der Waals surface area contributed by atoms with Crippen LogP contribution in [0.15, 0.2) is 0 Å². The molecule has 0 saturated carbocycles. The van der Waals surface area contributed by atoms with Crippen molar-refractivity contribution in [3.8, 4) is 0 Å². The predicted octanol–water partition coefficient (Wildman–Crippen LogP) is 1.34. The summed E-state index contributed by atoms with van der Waals surface area (Å²) in [7, 11) is -6.04. The number of halogens is 4. The monoisotopic (exact) mass is 296 g/mol. The third-order valence-electron chi connectivity index (χ3n) is 2.04. The summed E-state index contributed by atoms with van der Waals surface area (Å²) >= 11 is 0. The Labute approximate surface area is 101 Å². The Morgan fingerprint density at radius 3 is 2.44 bits per heavy atom. The van der Waals surface area contributed by atoms with Gasteiger partial charge in [-0.2, -0.15) is 17.2 Å². The van der Waals surface area contributed by atoms with Crippen molar-refractivity contribution < 1.29 is 39.7 Å². The Hall–Kier alpha value is -0.450. The molecule has 1 aliphatic heterocycles. The number of alkyl halides is 3. The molecule has 0 aliphatic carbocycles. The van der Waals surface area contributed by atoms with Crippen LogP contribution >= 0.6 is 0 Å². The van der Waals surface area contributed by atoms with Gasteiger partial charge in [-0.3, -0.25) is 0 Å². The van der Waals surface area contributed by atoms with Gasteiger partial charge in [0.15, 0.2) is 5.79 Å². The lowest BCUT2D eigenvalue weighted by Crippen LogP contribution is -2.39. The maximum absolute atomic E-state index is 12.8. The first kappa shape index (κ1) is 15.6. The highest BCUT2D eigenvalue weighted by Gasteiger charge is 2.51. The Morgan fingerprint density at radius 2 is 2.06 bits per heavy atom. The van der Waals surface area contributed by atoms with Gasteiger partial charge in [-0.25, -0.2) is 4.39 Å². The molecule has 0 spiro atoms. The van der Waals surface area contributed by atoms with E-state index in [2.05, 4.69) is 4.74 Å². The quantitative estimate of drug-likeness (QED) is 0.566. The van der Waals surface area contributed by atoms with E-state index >= 15 is 0 Å². The highest BCUT2D eigenvalue weighted by Crippen LogP contribution is 2.30. The van der Waals surface area contributed by atoms with Crippen LogP contribution in [0.25, 0.3) is 0 Å². The van der Waals surface area contributed by atoms with Crippen molar-refractivity contribution in [1.29, 1.82) is 0 Å². The van der Waals surface area contributed by atoms with Crippen molar-refractivity contribution in [3.63, 3.8) is 0 Å². The van der Waals surface area contributed by atoms with Crippen LogP contribution in [0.3, 0.4) is 0 Å². The molecule has 2 unspecified atom stereocenters. The minimum Gasteiger partial charge on any atom is -0.348 e. The van der Waals surface area contributed by atoms with Gasteiger partial charge in [-0.15, -0.1) is 3.89 Å². The Bertz CT molecular complexity index is 396. The summed E-state index contributed by atoms with van der Waals surface area (Å²) in [5, 5.41) is 0. The molecule has 10 heteroatoms. The van der Waals surface area contributed by atoms with Crippen LogP contribution in [-0.4, -0.2) is 45.1 Å². The lowest BCUT2D eigenvalue weighted by atomic mass is 10.4. The highest BCUT2D eigenvalue weighted by molar-refractivity contribution is 7.86. The second-order valence-corrected chi connectivity index (χ2v) is 5.48. The second-order valence-electron chi connectivity index (χ2n) is 4.12. The summed E-state index contributed by atoms with van der Waals surface area (Å²) in [6.45, 7) is 2.14. The van der Waals surface area contributed by atoms with E-state index in [1.165, 1.54) is 13.8 Å². The van der Waals surface area contributed by atoms with E-state index in [9.17, 15) is 25.5 Å². The van der Waals surface area contributed by atoms with Crippen LogP contribution in [0.4, 0.5) is 17.1 Å². The first-order valence-corrected chi connectivity index (χ1v) is 6.30. The molecule has 0 amide bonds. The van der Waals surface area contributed by atoms with Crippen molar-refractivity contribution in [1.82, 2.24) is 0 Å². The fourth-order valence-electron chi connectivity index (χ4n) is 1.28. The van der Waals surface area contributed by atoms with Gasteiger partial charge in [-0.1, -0.05) is 0 Å². The van der Waals surface area contributed by atoms with E-state index in [1.807, 2.05) is 0 Å². The van der Waals surface area contributed by atoms with Crippen LogP contribution in [0, 0.1) is 0 Å². The third-order valence-corrected chi connectivity index (χ3v) is 2.81. The van der Waals surface area contributed by atoms with Crippen LogP contribution in [0.1, 0.15) is 13.8 Å². The fraction of sp³-hybridized carbons (Fsp3) is 1.00. The third kappa shape index (κ3) is 4.04. The summed E-state index contributed by atoms with van der Waals surface area (Å²) in [6.07, 6.45) is -5.70. The molecule has 0 bridgehead atoms. The molecular weight excluding hydrogens is 284 g/mol. The number of hydrogen-bond donors (Lipinski definition) is 0. The highest BCUT2D eigenvalue weighted by atomic mass is 32.3. The maximum atomic E-state index is 12.8. The minimum atomic E-state index is -6.04. The molecule has 108 valence electrons. The van der Waals surface area contributed by atoms with Gasteiger partial charge in [-0.05, 0) is 13.8 Å². The van der Waals surface area contributed by atoms with Crippen LogP contribution in [-0.2, 0) is 24.4 Å². The second kappa shape index (κ2) is 4.91. The molecule has 0 N–H and O–H groups in total. The van der Waals surface area contributed by atoms with Gasteiger partial charge in [0.2, 0.25) is 0 Å². The van der Waals surface area contributed by atoms with Crippen LogP contribution < -0.4 is 0 Å². The zero-order valence-electron chi connectivity index (χ0n) is 9.53. The van der Waals surface area contributed by atoms with Crippen molar-refractivity contribution in [2.45, 2.75) is 37.4 Å². The van der Waals surface area contributed by atoms with Gasteiger partial charge in [0.1, 0.15) is 6.10 Å². The average Bonchev–Trinajstić information content (AvgIpc) is 2.53. The first-order valence-electron chi connectivity index (χ1n) is 4.85. The van der Waals surface area contributed by atoms with Crippen molar-refractivity contribution in [2.75, 3.05) is 13.2 Å². The predicted molar refractivity (Wildman–Crippen MR) is 50.7 cm³/mol. The molecule has 1 aliphatic rings. The lowest BCUT2D eigenvalue weighted by molar-refractivity contribution is -0.268. The van der Waals surface area contributed by atoms with Gasteiger partial charge >= 0.3 is 21.8 Å². The summed E-state index contributed by atoms with van der Waals surface area (Å²) in [5.74, 6) is -0.995. The molecule has 18 heavy (non-hydrogen) atoms. The molecule has 2 atom stereocenters. The molecule has 0 radical (unpaired) electrons. The maximum Gasteiger partial charge on any atom is 0.404 e. The number of rotatable bonds is 5. The lowest BCUT2D eigenvalue weighted by Gasteiger charge is -2.21. The molecular formula is C8H12F4O5S. The molecule has 1 saturated heterocycles. The number of hydrogen-bond acceptors (Lipinski definition) is 5. The SMILES string of the molecule is CC1(C)OCC(COC(F)(F)C(F)S(=O)(=O)F)O1. The summed E-state index contributed by atoms with van der Waals surface area (Å²) in [6, 6.07) is 0. The largest absolute Gasteiger partial charge is 0.404 e. The van der Waals surface area contributed by atoms with E-state index in [1.54, 1.807) is 0 Å². The minimum absolute atomic E-state index is 0.0809. The van der Waals surface area contributed by atoms with E-state index in [4.69, 9.17) is 9.47 Å². The van der Waals surface area contributed by atoms with E-state index in [0.29, 0.717) is 0 Å². The van der Waals surface area contributed by atoms with Gasteiger partial charge in [0.25, 0.3) is 0 Å². The first-order chi connectivity index (χ1) is 7.94. The normalized spacial score (nSPS) is 26.2. The Balaban J connectivity index is 2.53. The van der Waals surface area contributed by atoms with Crippen LogP contribution in [0.2, 0.25) is 0 Å².